The summed E-state index contributed by atoms with van der Waals surface area (Å²) in [6, 6.07) is 3.67. The molecule has 0 radical (unpaired) electrons. The Morgan fingerprint density at radius 3 is 2.56 bits per heavy atom. The Labute approximate surface area is 120 Å². The van der Waals surface area contributed by atoms with Crippen LogP contribution in [-0.2, 0) is 7.05 Å². The maximum Gasteiger partial charge on any atom is 0.146 e. The molecule has 0 saturated heterocycles. The molecule has 7 heteroatoms. The molecule has 0 amide bonds. The fourth-order valence-electron chi connectivity index (χ4n) is 1.48. The van der Waals surface area contributed by atoms with Crippen molar-refractivity contribution >= 4 is 40.8 Å². The summed E-state index contributed by atoms with van der Waals surface area (Å²) in [6.07, 6.45) is 0. The lowest BCUT2D eigenvalue weighted by Crippen LogP contribution is -1.97. The number of rotatable bonds is 3. The number of anilines is 1. The first kappa shape index (κ1) is 13.5. The molecule has 96 valence electrons. The molecule has 0 aromatic carbocycles. The molecule has 0 spiro atoms. The highest BCUT2D eigenvalue weighted by atomic mass is 35.5. The Bertz CT molecular complexity index is 583. The van der Waals surface area contributed by atoms with Crippen molar-refractivity contribution in [3.05, 3.63) is 27.9 Å². The van der Waals surface area contributed by atoms with Crippen molar-refractivity contribution in [2.24, 2.45) is 7.05 Å². The van der Waals surface area contributed by atoms with Crippen LogP contribution < -0.4 is 5.32 Å². The van der Waals surface area contributed by atoms with Crippen molar-refractivity contribution in [1.29, 1.82) is 0 Å². The number of aromatic nitrogens is 3. The summed E-state index contributed by atoms with van der Waals surface area (Å²) in [5.41, 5.74) is 0.957. The summed E-state index contributed by atoms with van der Waals surface area (Å²) < 4.78 is 1.80. The van der Waals surface area contributed by atoms with E-state index in [0.717, 1.165) is 10.7 Å². The Kier molecular flexibility index (Phi) is 4.04. The predicted octanol–water partition coefficient (Wildman–Crippen LogP) is 3.62. The standard InChI is InChI=1S/C11H12Cl2N4S/c1-6-4-9(17(3)16-6)18-11-8(13)5-7(12)10(14-2)15-11/h4-5H,1-3H3,(H,14,15). The Morgan fingerprint density at radius 1 is 1.28 bits per heavy atom. The van der Waals surface area contributed by atoms with Gasteiger partial charge in [-0.15, -0.1) is 0 Å². The van der Waals surface area contributed by atoms with Gasteiger partial charge in [0.2, 0.25) is 0 Å². The summed E-state index contributed by atoms with van der Waals surface area (Å²) in [5, 5.41) is 9.93. The van der Waals surface area contributed by atoms with Crippen LogP contribution in [0, 0.1) is 6.92 Å². The van der Waals surface area contributed by atoms with Crippen molar-refractivity contribution in [2.75, 3.05) is 12.4 Å². The molecule has 2 rings (SSSR count). The van der Waals surface area contributed by atoms with E-state index in [2.05, 4.69) is 15.4 Å². The molecule has 0 saturated carbocycles. The predicted molar refractivity (Wildman–Crippen MR) is 75.9 cm³/mol. The lowest BCUT2D eigenvalue weighted by atomic mass is 10.4. The molecule has 2 aromatic rings. The van der Waals surface area contributed by atoms with Gasteiger partial charge >= 0.3 is 0 Å². The van der Waals surface area contributed by atoms with Gasteiger partial charge in [-0.05, 0) is 30.8 Å². The zero-order valence-corrected chi connectivity index (χ0v) is 12.5. The second-order valence-electron chi connectivity index (χ2n) is 3.71. The highest BCUT2D eigenvalue weighted by Gasteiger charge is 2.12. The number of hydrogen-bond donors (Lipinski definition) is 1. The van der Waals surface area contributed by atoms with Gasteiger partial charge < -0.3 is 5.32 Å². The van der Waals surface area contributed by atoms with Crippen LogP contribution in [0.15, 0.2) is 22.2 Å². The maximum absolute atomic E-state index is 6.14. The average Bonchev–Trinajstić information content (AvgIpc) is 2.61. The molecule has 0 atom stereocenters. The van der Waals surface area contributed by atoms with Crippen LogP contribution in [0.2, 0.25) is 10.0 Å². The third kappa shape index (κ3) is 2.74. The van der Waals surface area contributed by atoms with Gasteiger partial charge in [0.25, 0.3) is 0 Å². The topological polar surface area (TPSA) is 42.7 Å². The Hall–Kier alpha value is -0.910. The summed E-state index contributed by atoms with van der Waals surface area (Å²) in [6.45, 7) is 1.94. The number of aryl methyl sites for hydroxylation is 2. The number of nitrogens with zero attached hydrogens (tertiary/aromatic N) is 3. The molecule has 18 heavy (non-hydrogen) atoms. The van der Waals surface area contributed by atoms with Gasteiger partial charge in [-0.2, -0.15) is 5.10 Å². The van der Waals surface area contributed by atoms with Gasteiger partial charge in [-0.25, -0.2) is 4.98 Å². The molecule has 0 aliphatic heterocycles. The molecule has 0 bridgehead atoms. The van der Waals surface area contributed by atoms with Crippen LogP contribution in [0.5, 0.6) is 0 Å². The van der Waals surface area contributed by atoms with Crippen LogP contribution in [0.3, 0.4) is 0 Å². The van der Waals surface area contributed by atoms with Gasteiger partial charge in [-0.1, -0.05) is 23.2 Å². The molecular formula is C11H12Cl2N4S. The van der Waals surface area contributed by atoms with Gasteiger partial charge in [0, 0.05) is 14.1 Å². The molecule has 2 heterocycles. The number of hydrogen-bond acceptors (Lipinski definition) is 4. The second kappa shape index (κ2) is 5.38. The van der Waals surface area contributed by atoms with Crippen LogP contribution in [0.25, 0.3) is 0 Å². The van der Waals surface area contributed by atoms with E-state index in [-0.39, 0.29) is 0 Å². The lowest BCUT2D eigenvalue weighted by molar-refractivity contribution is 0.692. The van der Waals surface area contributed by atoms with Gasteiger partial charge in [-0.3, -0.25) is 4.68 Å². The van der Waals surface area contributed by atoms with E-state index in [4.69, 9.17) is 23.2 Å². The molecule has 0 fully saturated rings. The monoisotopic (exact) mass is 302 g/mol. The molecule has 4 nitrogen and oxygen atoms in total. The average molecular weight is 303 g/mol. The number of nitrogens with one attached hydrogen (secondary N) is 1. The molecule has 1 N–H and O–H groups in total. The van der Waals surface area contributed by atoms with Crippen LogP contribution in [0.4, 0.5) is 5.82 Å². The van der Waals surface area contributed by atoms with E-state index in [1.165, 1.54) is 11.8 Å². The van der Waals surface area contributed by atoms with Crippen molar-refractivity contribution in [3.63, 3.8) is 0 Å². The van der Waals surface area contributed by atoms with Crippen molar-refractivity contribution in [3.8, 4) is 0 Å². The van der Waals surface area contributed by atoms with Gasteiger partial charge in [0.15, 0.2) is 0 Å². The quantitative estimate of drug-likeness (QED) is 0.940. The van der Waals surface area contributed by atoms with E-state index in [1.807, 2.05) is 20.0 Å². The fourth-order valence-corrected chi connectivity index (χ4v) is 2.94. The zero-order valence-electron chi connectivity index (χ0n) is 10.2. The van der Waals surface area contributed by atoms with Crippen LogP contribution in [0.1, 0.15) is 5.69 Å². The lowest BCUT2D eigenvalue weighted by Gasteiger charge is -2.08. The van der Waals surface area contributed by atoms with Crippen molar-refractivity contribution in [2.45, 2.75) is 17.0 Å². The fraction of sp³-hybridized carbons (Fsp3) is 0.273. The van der Waals surface area contributed by atoms with Crippen LogP contribution in [-0.4, -0.2) is 21.8 Å². The minimum atomic E-state index is 0.507. The molecular weight excluding hydrogens is 291 g/mol. The summed E-state index contributed by atoms with van der Waals surface area (Å²) in [7, 11) is 3.66. The third-order valence-electron chi connectivity index (χ3n) is 2.29. The number of pyridine rings is 1. The van der Waals surface area contributed by atoms with E-state index in [9.17, 15) is 0 Å². The highest BCUT2D eigenvalue weighted by Crippen LogP contribution is 2.35. The van der Waals surface area contributed by atoms with E-state index >= 15 is 0 Å². The molecule has 0 unspecified atom stereocenters. The Morgan fingerprint density at radius 2 is 2.00 bits per heavy atom. The first-order valence-electron chi connectivity index (χ1n) is 5.23. The highest BCUT2D eigenvalue weighted by molar-refractivity contribution is 7.99. The second-order valence-corrected chi connectivity index (χ2v) is 5.53. The van der Waals surface area contributed by atoms with Crippen molar-refractivity contribution in [1.82, 2.24) is 14.8 Å². The minimum Gasteiger partial charge on any atom is -0.372 e. The third-order valence-corrected chi connectivity index (χ3v) is 4.08. The maximum atomic E-state index is 6.14. The molecule has 0 aliphatic carbocycles. The Balaban J connectivity index is 2.37. The summed E-state index contributed by atoms with van der Waals surface area (Å²) in [4.78, 5) is 4.38. The van der Waals surface area contributed by atoms with E-state index in [0.29, 0.717) is 20.9 Å². The van der Waals surface area contributed by atoms with Gasteiger partial charge in [0.05, 0.1) is 15.7 Å². The van der Waals surface area contributed by atoms with Crippen molar-refractivity contribution < 1.29 is 0 Å². The summed E-state index contributed by atoms with van der Waals surface area (Å²) >= 11 is 13.6. The molecule has 0 aliphatic rings. The minimum absolute atomic E-state index is 0.507. The first-order chi connectivity index (χ1) is 8.51. The zero-order chi connectivity index (χ0) is 13.3. The normalized spacial score (nSPS) is 10.7. The smallest absolute Gasteiger partial charge is 0.146 e. The van der Waals surface area contributed by atoms with Crippen LogP contribution >= 0.6 is 35.0 Å². The largest absolute Gasteiger partial charge is 0.372 e. The number of halogens is 2. The molecule has 2 aromatic heterocycles. The SMILES string of the molecule is CNc1nc(Sc2cc(C)nn2C)c(Cl)cc1Cl. The van der Waals surface area contributed by atoms with Gasteiger partial charge in [0.1, 0.15) is 15.9 Å². The van der Waals surface area contributed by atoms with E-state index < -0.39 is 0 Å². The first-order valence-corrected chi connectivity index (χ1v) is 6.80. The van der Waals surface area contributed by atoms with E-state index in [1.54, 1.807) is 17.8 Å². The summed E-state index contributed by atoms with van der Waals surface area (Å²) in [5.74, 6) is 0.613.